The molecule has 3 aromatic rings. The number of halogens is 2. The molecule has 0 fully saturated rings. The Morgan fingerprint density at radius 2 is 1.32 bits per heavy atom. The summed E-state index contributed by atoms with van der Waals surface area (Å²) < 4.78 is 63.8. The summed E-state index contributed by atoms with van der Waals surface area (Å²) in [4.78, 5) is 3.14. The van der Waals surface area contributed by atoms with Gasteiger partial charge in [0.2, 0.25) is 0 Å². The van der Waals surface area contributed by atoms with Crippen LogP contribution in [0.3, 0.4) is 0 Å². The fourth-order valence-corrected chi connectivity index (χ4v) is 5.76. The summed E-state index contributed by atoms with van der Waals surface area (Å²) in [5.41, 5.74) is 1.11. The molecule has 8 heteroatoms. The quantitative estimate of drug-likeness (QED) is 0.286. The molecule has 0 amide bonds. The van der Waals surface area contributed by atoms with Crippen LogP contribution in [0.1, 0.15) is 11.1 Å². The van der Waals surface area contributed by atoms with E-state index < -0.39 is 32.4 Å². The van der Waals surface area contributed by atoms with Crippen molar-refractivity contribution < 1.29 is 26.5 Å². The fraction of sp³-hybridized carbons (Fsp3) is 0.174. The van der Waals surface area contributed by atoms with Gasteiger partial charge in [-0.3, -0.25) is 4.55 Å². The normalized spacial score (nSPS) is 13.2. The average Bonchev–Trinajstić information content (AvgIpc) is 2.71. The zero-order chi connectivity index (χ0) is 22.8. The van der Waals surface area contributed by atoms with Crippen LogP contribution in [-0.2, 0) is 21.0 Å². The molecule has 0 aliphatic heterocycles. The highest BCUT2D eigenvalue weighted by Crippen LogP contribution is 2.37. The molecule has 0 saturated heterocycles. The Labute approximate surface area is 184 Å². The third-order valence-electron chi connectivity index (χ3n) is 4.61. The monoisotopic (exact) mass is 464 g/mol. The minimum atomic E-state index is -5.66. The van der Waals surface area contributed by atoms with Crippen LogP contribution in [0.25, 0.3) is 0 Å². The lowest BCUT2D eigenvalue weighted by molar-refractivity contribution is -0.0114. The number of hydrogen-bond donors (Lipinski definition) is 1. The SMILES string of the molecule is [CH2+]C(Oc1c(C)cc([S+](c2ccccc2)c2ccccc2)cc1C)C(F)(F)S(=O)(=O)O. The summed E-state index contributed by atoms with van der Waals surface area (Å²) >= 11 is 0. The van der Waals surface area contributed by atoms with E-state index in [0.29, 0.717) is 11.1 Å². The van der Waals surface area contributed by atoms with E-state index >= 15 is 0 Å². The van der Waals surface area contributed by atoms with Gasteiger partial charge in [0.1, 0.15) is 12.7 Å². The van der Waals surface area contributed by atoms with E-state index in [1.54, 1.807) is 13.8 Å². The molecule has 3 aromatic carbocycles. The Morgan fingerprint density at radius 3 is 1.71 bits per heavy atom. The van der Waals surface area contributed by atoms with Crippen molar-refractivity contribution in [3.8, 4) is 5.75 Å². The van der Waals surface area contributed by atoms with Crippen LogP contribution in [0, 0.1) is 20.8 Å². The Morgan fingerprint density at radius 1 is 0.903 bits per heavy atom. The predicted molar refractivity (Wildman–Crippen MR) is 117 cm³/mol. The van der Waals surface area contributed by atoms with E-state index in [-0.39, 0.29) is 5.75 Å². The van der Waals surface area contributed by atoms with Gasteiger partial charge in [0, 0.05) is 12.1 Å². The van der Waals surface area contributed by atoms with Crippen molar-refractivity contribution in [1.29, 1.82) is 0 Å². The third-order valence-corrected chi connectivity index (χ3v) is 7.75. The lowest BCUT2D eigenvalue weighted by atomic mass is 10.1. The van der Waals surface area contributed by atoms with E-state index in [1.807, 2.05) is 72.8 Å². The van der Waals surface area contributed by atoms with Gasteiger partial charge in [-0.2, -0.15) is 17.2 Å². The van der Waals surface area contributed by atoms with Crippen molar-refractivity contribution in [3.05, 3.63) is 90.8 Å². The zero-order valence-corrected chi connectivity index (χ0v) is 18.6. The van der Waals surface area contributed by atoms with E-state index in [4.69, 9.17) is 9.29 Å². The Bertz CT molecular complexity index is 1090. The van der Waals surface area contributed by atoms with Crippen LogP contribution in [-0.4, -0.2) is 24.3 Å². The number of rotatable bonds is 7. The van der Waals surface area contributed by atoms with E-state index in [9.17, 15) is 17.2 Å². The van der Waals surface area contributed by atoms with Gasteiger partial charge in [-0.15, -0.1) is 0 Å². The molecule has 0 saturated carbocycles. The minimum absolute atomic E-state index is 0.108. The van der Waals surface area contributed by atoms with Gasteiger partial charge >= 0.3 is 21.5 Å². The maximum atomic E-state index is 13.9. The molecule has 1 N–H and O–H groups in total. The molecule has 0 aliphatic rings. The van der Waals surface area contributed by atoms with Crippen molar-refractivity contribution in [2.24, 2.45) is 0 Å². The van der Waals surface area contributed by atoms with Crippen LogP contribution in [0.2, 0.25) is 0 Å². The largest absolute Gasteiger partial charge is 0.448 e. The molecule has 31 heavy (non-hydrogen) atoms. The molecule has 0 spiro atoms. The first-order valence-corrected chi connectivity index (χ1v) is 12.0. The summed E-state index contributed by atoms with van der Waals surface area (Å²) in [7, 11) is -6.10. The molecule has 1 atom stereocenters. The van der Waals surface area contributed by atoms with Crippen molar-refractivity contribution in [1.82, 2.24) is 0 Å². The highest BCUT2D eigenvalue weighted by molar-refractivity contribution is 7.97. The van der Waals surface area contributed by atoms with Gasteiger partial charge in [-0.25, -0.2) is 0 Å². The zero-order valence-electron chi connectivity index (χ0n) is 17.0. The van der Waals surface area contributed by atoms with Crippen LogP contribution in [0.15, 0.2) is 87.5 Å². The summed E-state index contributed by atoms with van der Waals surface area (Å²) in [6.07, 6.45) is -2.31. The van der Waals surface area contributed by atoms with Crippen LogP contribution >= 0.6 is 0 Å². The maximum absolute atomic E-state index is 13.9. The second kappa shape index (κ2) is 8.90. The van der Waals surface area contributed by atoms with E-state index in [2.05, 4.69) is 6.92 Å². The molecule has 0 aromatic heterocycles. The number of aryl methyl sites for hydroxylation is 2. The molecule has 0 bridgehead atoms. The first-order chi connectivity index (χ1) is 14.5. The smallest absolute Gasteiger partial charge is 0.443 e. The standard InChI is InChI=1S/C23H21F2O4S2/c1-16-14-21(15-17(2)22(16)29-18(3)23(24,25)31(26,27)28)30(19-10-6-4-7-11-19)20-12-8-5-9-13-20/h4-15,18H,3H2,1-2H3/q+1/p+1. The molecule has 4 nitrogen and oxygen atoms in total. The van der Waals surface area contributed by atoms with Gasteiger partial charge in [0.25, 0.3) is 0 Å². The van der Waals surface area contributed by atoms with Crippen LogP contribution in [0.4, 0.5) is 8.78 Å². The Balaban J connectivity index is 2.03. The van der Waals surface area contributed by atoms with Gasteiger partial charge in [-0.1, -0.05) is 36.4 Å². The Hall–Kier alpha value is -2.55. The topological polar surface area (TPSA) is 63.6 Å². The van der Waals surface area contributed by atoms with Crippen LogP contribution < -0.4 is 4.74 Å². The molecular formula is C23H22F2O4S2+2. The highest BCUT2D eigenvalue weighted by atomic mass is 32.2. The minimum Gasteiger partial charge on any atom is -0.443 e. The number of benzene rings is 3. The molecule has 1 unspecified atom stereocenters. The average molecular weight is 465 g/mol. The fourth-order valence-electron chi connectivity index (χ4n) is 3.11. The summed E-state index contributed by atoms with van der Waals surface area (Å²) in [6.45, 7) is 6.49. The summed E-state index contributed by atoms with van der Waals surface area (Å²) in [5.74, 6) is 0.108. The number of hydrogen-bond acceptors (Lipinski definition) is 3. The van der Waals surface area contributed by atoms with Gasteiger partial charge < -0.3 is 4.74 Å². The van der Waals surface area contributed by atoms with Gasteiger partial charge in [0.05, 0.1) is 10.9 Å². The first-order valence-electron chi connectivity index (χ1n) is 9.32. The molecule has 0 radical (unpaired) electrons. The molecule has 162 valence electrons. The number of alkyl halides is 2. The summed E-state index contributed by atoms with van der Waals surface area (Å²) in [5, 5.41) is -4.54. The maximum Gasteiger partial charge on any atom is 0.448 e. The predicted octanol–water partition coefficient (Wildman–Crippen LogP) is 5.46. The third kappa shape index (κ3) is 4.87. The first kappa shape index (κ1) is 23.1. The van der Waals surface area contributed by atoms with Gasteiger partial charge in [0.15, 0.2) is 14.7 Å². The highest BCUT2D eigenvalue weighted by Gasteiger charge is 2.56. The van der Waals surface area contributed by atoms with Crippen molar-refractivity contribution in [2.75, 3.05) is 0 Å². The van der Waals surface area contributed by atoms with Gasteiger partial charge in [-0.05, 0) is 49.2 Å². The lowest BCUT2D eigenvalue weighted by Crippen LogP contribution is -2.43. The summed E-state index contributed by atoms with van der Waals surface area (Å²) in [6, 6.07) is 23.5. The Kier molecular flexibility index (Phi) is 6.64. The van der Waals surface area contributed by atoms with E-state index in [0.717, 1.165) is 14.7 Å². The molecular weight excluding hydrogens is 442 g/mol. The second-order valence-corrected chi connectivity index (χ2v) is 10.5. The van der Waals surface area contributed by atoms with Crippen LogP contribution in [0.5, 0.6) is 5.75 Å². The molecule has 3 rings (SSSR count). The molecule has 0 heterocycles. The molecule has 0 aliphatic carbocycles. The second-order valence-electron chi connectivity index (χ2n) is 6.96. The van der Waals surface area contributed by atoms with Crippen molar-refractivity contribution >= 4 is 21.0 Å². The number of ether oxygens (including phenoxy) is 1. The van der Waals surface area contributed by atoms with E-state index in [1.165, 1.54) is 0 Å². The van der Waals surface area contributed by atoms with Crippen molar-refractivity contribution in [3.63, 3.8) is 0 Å². The van der Waals surface area contributed by atoms with Crippen molar-refractivity contribution in [2.45, 2.75) is 39.9 Å². The lowest BCUT2D eigenvalue weighted by Gasteiger charge is -2.20.